The van der Waals surface area contributed by atoms with Crippen LogP contribution in [0.3, 0.4) is 0 Å². The highest BCUT2D eigenvalue weighted by Gasteiger charge is 2.24. The molecular formula is C17H31N. The molecular weight excluding hydrogens is 218 g/mol. The number of hydrogen-bond donors (Lipinski definition) is 0. The van der Waals surface area contributed by atoms with Gasteiger partial charge in [-0.3, -0.25) is 0 Å². The Kier molecular flexibility index (Phi) is 8.53. The van der Waals surface area contributed by atoms with Crippen LogP contribution >= 0.6 is 0 Å². The fourth-order valence-corrected chi connectivity index (χ4v) is 2.52. The van der Waals surface area contributed by atoms with E-state index in [1.807, 2.05) is 27.7 Å². The zero-order chi connectivity index (χ0) is 14.1. The maximum absolute atomic E-state index is 2.45. The first-order chi connectivity index (χ1) is 8.70. The highest BCUT2D eigenvalue weighted by Crippen LogP contribution is 2.31. The molecule has 1 atom stereocenters. The summed E-state index contributed by atoms with van der Waals surface area (Å²) in [6.07, 6.45) is 2.54. The molecule has 0 radical (unpaired) electrons. The lowest BCUT2D eigenvalue weighted by Gasteiger charge is -2.38. The molecule has 1 heteroatoms. The van der Waals surface area contributed by atoms with Gasteiger partial charge in [-0.1, -0.05) is 59.7 Å². The maximum Gasteiger partial charge on any atom is 0.0398 e. The van der Waals surface area contributed by atoms with Crippen LogP contribution in [0.1, 0.15) is 53.5 Å². The van der Waals surface area contributed by atoms with Crippen LogP contribution < -0.4 is 4.90 Å². The predicted octanol–water partition coefficient (Wildman–Crippen LogP) is 5.15. The van der Waals surface area contributed by atoms with E-state index in [4.69, 9.17) is 0 Å². The number of benzene rings is 1. The van der Waals surface area contributed by atoms with Gasteiger partial charge in [-0.15, -0.1) is 0 Å². The third-order valence-electron chi connectivity index (χ3n) is 3.35. The molecule has 1 unspecified atom stereocenters. The molecule has 0 saturated heterocycles. The van der Waals surface area contributed by atoms with Crippen molar-refractivity contribution in [2.24, 2.45) is 5.92 Å². The molecule has 18 heavy (non-hydrogen) atoms. The van der Waals surface area contributed by atoms with E-state index in [-0.39, 0.29) is 0 Å². The van der Waals surface area contributed by atoms with Crippen LogP contribution in [0, 0.1) is 5.92 Å². The van der Waals surface area contributed by atoms with Crippen LogP contribution in [0.4, 0.5) is 5.69 Å². The lowest BCUT2D eigenvalue weighted by Crippen LogP contribution is -2.39. The molecule has 0 aromatic heterocycles. The Morgan fingerprint density at radius 1 is 1.06 bits per heavy atom. The fourth-order valence-electron chi connectivity index (χ4n) is 2.52. The zero-order valence-corrected chi connectivity index (χ0v) is 13.3. The molecule has 0 spiro atoms. The highest BCUT2D eigenvalue weighted by atomic mass is 15.1. The van der Waals surface area contributed by atoms with E-state index in [1.165, 1.54) is 24.1 Å². The third-order valence-corrected chi connectivity index (χ3v) is 3.35. The van der Waals surface area contributed by atoms with Gasteiger partial charge in [0.25, 0.3) is 0 Å². The van der Waals surface area contributed by atoms with E-state index in [1.54, 1.807) is 0 Å². The Morgan fingerprint density at radius 2 is 1.61 bits per heavy atom. The minimum atomic E-state index is 0.713. The Labute approximate surface area is 114 Å². The van der Waals surface area contributed by atoms with Crippen molar-refractivity contribution >= 4 is 5.69 Å². The van der Waals surface area contributed by atoms with E-state index in [9.17, 15) is 0 Å². The van der Waals surface area contributed by atoms with Gasteiger partial charge in [0.2, 0.25) is 0 Å². The average molecular weight is 249 g/mol. The van der Waals surface area contributed by atoms with E-state index >= 15 is 0 Å². The SMILES string of the molecule is CC.CC.CC(C)C1CCc2ccccc2N1C. The van der Waals surface area contributed by atoms with Crippen molar-refractivity contribution < 1.29 is 0 Å². The summed E-state index contributed by atoms with van der Waals surface area (Å²) >= 11 is 0. The van der Waals surface area contributed by atoms with Gasteiger partial charge in [0.1, 0.15) is 0 Å². The molecule has 1 aliphatic rings. The summed E-state index contributed by atoms with van der Waals surface area (Å²) in [5.74, 6) is 0.744. The minimum absolute atomic E-state index is 0.713. The van der Waals surface area contributed by atoms with Gasteiger partial charge in [-0.25, -0.2) is 0 Å². The molecule has 2 rings (SSSR count). The molecule has 0 aliphatic carbocycles. The molecule has 0 bridgehead atoms. The van der Waals surface area contributed by atoms with Gasteiger partial charge in [-0.2, -0.15) is 0 Å². The second kappa shape index (κ2) is 9.02. The third kappa shape index (κ3) is 4.04. The Balaban J connectivity index is 0.000000659. The Hall–Kier alpha value is -0.980. The quantitative estimate of drug-likeness (QED) is 0.665. The number of nitrogens with zero attached hydrogens (tertiary/aromatic N) is 1. The molecule has 104 valence electrons. The molecule has 1 aromatic rings. The number of aryl methyl sites for hydroxylation is 1. The van der Waals surface area contributed by atoms with Crippen molar-refractivity contribution in [3.8, 4) is 0 Å². The van der Waals surface area contributed by atoms with Crippen LogP contribution in [0.5, 0.6) is 0 Å². The lowest BCUT2D eigenvalue weighted by atomic mass is 9.90. The highest BCUT2D eigenvalue weighted by molar-refractivity contribution is 5.55. The summed E-state index contributed by atoms with van der Waals surface area (Å²) in [4.78, 5) is 2.45. The molecule has 0 saturated carbocycles. The summed E-state index contributed by atoms with van der Waals surface area (Å²) in [5, 5.41) is 0. The van der Waals surface area contributed by atoms with Crippen LogP contribution in [0.2, 0.25) is 0 Å². The first-order valence-electron chi connectivity index (χ1n) is 7.51. The van der Waals surface area contributed by atoms with Crippen LogP contribution in [-0.2, 0) is 6.42 Å². The summed E-state index contributed by atoms with van der Waals surface area (Å²) < 4.78 is 0. The number of anilines is 1. The second-order valence-corrected chi connectivity index (χ2v) is 4.59. The van der Waals surface area contributed by atoms with Gasteiger partial charge in [0.05, 0.1) is 0 Å². The van der Waals surface area contributed by atoms with Crippen molar-refractivity contribution in [1.29, 1.82) is 0 Å². The normalized spacial score (nSPS) is 17.1. The smallest absolute Gasteiger partial charge is 0.0398 e. The number of para-hydroxylation sites is 1. The van der Waals surface area contributed by atoms with Gasteiger partial charge in [0, 0.05) is 18.8 Å². The molecule has 0 N–H and O–H groups in total. The molecule has 1 nitrogen and oxygen atoms in total. The number of rotatable bonds is 1. The van der Waals surface area contributed by atoms with Gasteiger partial charge >= 0.3 is 0 Å². The first kappa shape index (κ1) is 17.0. The van der Waals surface area contributed by atoms with Gasteiger partial charge in [0.15, 0.2) is 0 Å². The van der Waals surface area contributed by atoms with E-state index in [2.05, 4.69) is 50.1 Å². The Bertz CT molecular complexity index is 317. The molecule has 1 heterocycles. The number of fused-ring (bicyclic) bond motifs is 1. The zero-order valence-electron chi connectivity index (χ0n) is 13.3. The number of hydrogen-bond acceptors (Lipinski definition) is 1. The second-order valence-electron chi connectivity index (χ2n) is 4.59. The summed E-state index contributed by atoms with van der Waals surface area (Å²) in [6.45, 7) is 12.6. The van der Waals surface area contributed by atoms with Gasteiger partial charge < -0.3 is 4.90 Å². The average Bonchev–Trinajstić information content (AvgIpc) is 2.43. The lowest BCUT2D eigenvalue weighted by molar-refractivity contribution is 0.432. The van der Waals surface area contributed by atoms with Crippen molar-refractivity contribution in [3.05, 3.63) is 29.8 Å². The minimum Gasteiger partial charge on any atom is -0.371 e. The fraction of sp³-hybridized carbons (Fsp3) is 0.647. The topological polar surface area (TPSA) is 3.24 Å². The van der Waals surface area contributed by atoms with Crippen molar-refractivity contribution in [2.45, 2.75) is 60.4 Å². The standard InChI is InChI=1S/C13H19N.2C2H6/c1-10(2)12-9-8-11-6-4-5-7-13(11)14(12)3;2*1-2/h4-7,10,12H,8-9H2,1-3H3;2*1-2H3. The maximum atomic E-state index is 2.45. The van der Waals surface area contributed by atoms with E-state index < -0.39 is 0 Å². The van der Waals surface area contributed by atoms with Crippen molar-refractivity contribution in [1.82, 2.24) is 0 Å². The molecule has 0 fully saturated rings. The summed E-state index contributed by atoms with van der Waals surface area (Å²) in [5.41, 5.74) is 2.93. The van der Waals surface area contributed by atoms with Crippen molar-refractivity contribution in [3.63, 3.8) is 0 Å². The molecule has 1 aliphatic heterocycles. The van der Waals surface area contributed by atoms with Crippen LogP contribution in [0.15, 0.2) is 24.3 Å². The molecule has 1 aromatic carbocycles. The van der Waals surface area contributed by atoms with E-state index in [0.29, 0.717) is 6.04 Å². The van der Waals surface area contributed by atoms with Crippen LogP contribution in [-0.4, -0.2) is 13.1 Å². The predicted molar refractivity (Wildman–Crippen MR) is 84.5 cm³/mol. The summed E-state index contributed by atoms with van der Waals surface area (Å²) in [7, 11) is 2.22. The van der Waals surface area contributed by atoms with E-state index in [0.717, 1.165) is 5.92 Å². The van der Waals surface area contributed by atoms with Crippen molar-refractivity contribution in [2.75, 3.05) is 11.9 Å². The Morgan fingerprint density at radius 3 is 2.17 bits per heavy atom. The monoisotopic (exact) mass is 249 g/mol. The molecule has 0 amide bonds. The van der Waals surface area contributed by atoms with Gasteiger partial charge in [-0.05, 0) is 30.4 Å². The largest absolute Gasteiger partial charge is 0.371 e. The van der Waals surface area contributed by atoms with Crippen LogP contribution in [0.25, 0.3) is 0 Å². The summed E-state index contributed by atoms with van der Waals surface area (Å²) in [6, 6.07) is 9.48. The first-order valence-corrected chi connectivity index (χ1v) is 7.51.